The van der Waals surface area contributed by atoms with Crippen LogP contribution in [0.2, 0.25) is 0 Å². The largest absolute Gasteiger partial charge is 0.503 e. The van der Waals surface area contributed by atoms with Gasteiger partial charge in [0.05, 0.1) is 16.7 Å². The molecule has 0 aliphatic carbocycles. The number of furan rings is 1. The van der Waals surface area contributed by atoms with Crippen LogP contribution >= 0.6 is 34.4 Å². The number of Topliss-reactive ketones (excluding diaryl/α,β-unsaturated/α-hetero) is 1. The minimum atomic E-state index is -0.924. The number of nitrogens with zero attached hydrogens (tertiary/aromatic N) is 3. The molecule has 0 spiro atoms. The average molecular weight is 542 g/mol. The third kappa shape index (κ3) is 5.56. The molecular weight excluding hydrogens is 522 g/mol. The molecule has 1 aromatic carbocycles. The number of hydrogen-bond acceptors (Lipinski definition) is 10. The van der Waals surface area contributed by atoms with Crippen LogP contribution in [0.25, 0.3) is 0 Å². The quantitative estimate of drug-likeness (QED) is 0.180. The summed E-state index contributed by atoms with van der Waals surface area (Å²) in [5.74, 6) is -1.49. The first-order valence-corrected chi connectivity index (χ1v) is 13.1. The number of amides is 1. The van der Waals surface area contributed by atoms with Gasteiger partial charge in [0.1, 0.15) is 11.8 Å². The molecule has 184 valence electrons. The molecule has 1 aliphatic heterocycles. The molecule has 1 unspecified atom stereocenters. The minimum absolute atomic E-state index is 0.0268. The van der Waals surface area contributed by atoms with Gasteiger partial charge in [0.25, 0.3) is 11.9 Å². The molecule has 36 heavy (non-hydrogen) atoms. The summed E-state index contributed by atoms with van der Waals surface area (Å²) in [7, 11) is 0. The van der Waals surface area contributed by atoms with Gasteiger partial charge in [-0.15, -0.1) is 21.5 Å². The van der Waals surface area contributed by atoms with Gasteiger partial charge in [-0.05, 0) is 29.1 Å². The highest BCUT2D eigenvalue weighted by atomic mass is 32.2. The molecule has 4 aromatic rings. The number of carbonyl (C=O) groups is 3. The molecule has 0 saturated carbocycles. The summed E-state index contributed by atoms with van der Waals surface area (Å²) in [4.78, 5) is 36.9. The molecule has 9 nitrogen and oxygen atoms in total. The van der Waals surface area contributed by atoms with Crippen LogP contribution in [0.15, 0.2) is 86.3 Å². The number of thiophene rings is 1. The Labute approximate surface area is 217 Å². The lowest BCUT2D eigenvalue weighted by molar-refractivity contribution is -0.134. The lowest BCUT2D eigenvalue weighted by atomic mass is 10.0. The van der Waals surface area contributed by atoms with E-state index in [1.54, 1.807) is 29.6 Å². The molecule has 12 heteroatoms. The van der Waals surface area contributed by atoms with E-state index >= 15 is 0 Å². The van der Waals surface area contributed by atoms with E-state index in [4.69, 9.17) is 14.3 Å². The van der Waals surface area contributed by atoms with Crippen LogP contribution < -0.4 is 4.90 Å². The summed E-state index contributed by atoms with van der Waals surface area (Å²) in [6.07, 6.45) is 1.46. The highest BCUT2D eigenvalue weighted by Crippen LogP contribution is 2.44. The number of aromatic nitrogens is 2. The first-order chi connectivity index (χ1) is 17.4. The second kappa shape index (κ2) is 11.3. The molecule has 0 bridgehead atoms. The number of rotatable bonds is 7. The molecule has 1 aliphatic rings. The van der Waals surface area contributed by atoms with Crippen molar-refractivity contribution >= 4 is 57.2 Å². The van der Waals surface area contributed by atoms with E-state index in [1.165, 1.54) is 45.6 Å². The molecule has 0 radical (unpaired) electrons. The topological polar surface area (TPSA) is 134 Å². The lowest BCUT2D eigenvalue weighted by Crippen LogP contribution is -2.30. The van der Waals surface area contributed by atoms with E-state index in [0.29, 0.717) is 20.7 Å². The van der Waals surface area contributed by atoms with Crippen LogP contribution in [0.3, 0.4) is 0 Å². The van der Waals surface area contributed by atoms with Crippen LogP contribution in [-0.2, 0) is 15.3 Å². The SMILES string of the molecule is CC(=O)O.O=C(C1=C(O)C(=O)N(c2nnc(SCc3ccccc3)s2)C1c1ccco1)c1cccs1. The van der Waals surface area contributed by atoms with Crippen molar-refractivity contribution in [2.24, 2.45) is 0 Å². The van der Waals surface area contributed by atoms with Gasteiger partial charge in [-0.2, -0.15) is 0 Å². The summed E-state index contributed by atoms with van der Waals surface area (Å²) in [5.41, 5.74) is 1.11. The molecule has 0 saturated heterocycles. The summed E-state index contributed by atoms with van der Waals surface area (Å²) >= 11 is 3.97. The van der Waals surface area contributed by atoms with Crippen molar-refractivity contribution in [2.45, 2.75) is 23.1 Å². The molecule has 4 heterocycles. The van der Waals surface area contributed by atoms with E-state index in [0.717, 1.165) is 12.5 Å². The summed E-state index contributed by atoms with van der Waals surface area (Å²) < 4.78 is 6.21. The van der Waals surface area contributed by atoms with Gasteiger partial charge in [-0.3, -0.25) is 19.3 Å². The zero-order chi connectivity index (χ0) is 25.7. The number of benzene rings is 1. The fraction of sp³-hybridized carbons (Fsp3) is 0.125. The average Bonchev–Trinajstić information content (AvgIpc) is 3.66. The van der Waals surface area contributed by atoms with Crippen LogP contribution in [0.1, 0.15) is 34.0 Å². The van der Waals surface area contributed by atoms with E-state index < -0.39 is 29.5 Å². The number of carboxylic acids is 1. The Bertz CT molecular complexity index is 1380. The molecule has 2 N–H and O–H groups in total. The molecule has 0 fully saturated rings. The summed E-state index contributed by atoms with van der Waals surface area (Å²) in [6, 6.07) is 15.8. The predicted molar refractivity (Wildman–Crippen MR) is 136 cm³/mol. The fourth-order valence-electron chi connectivity index (χ4n) is 3.37. The van der Waals surface area contributed by atoms with Gasteiger partial charge in [0.2, 0.25) is 10.9 Å². The van der Waals surface area contributed by atoms with Gasteiger partial charge in [-0.25, -0.2) is 0 Å². The molecule has 1 amide bonds. The number of hydrogen-bond donors (Lipinski definition) is 2. The van der Waals surface area contributed by atoms with Crippen LogP contribution in [0.5, 0.6) is 0 Å². The van der Waals surface area contributed by atoms with Crippen molar-refractivity contribution in [1.29, 1.82) is 0 Å². The van der Waals surface area contributed by atoms with Gasteiger partial charge in [-0.1, -0.05) is 59.5 Å². The highest BCUT2D eigenvalue weighted by molar-refractivity contribution is 8.00. The Kier molecular flexibility index (Phi) is 7.98. The van der Waals surface area contributed by atoms with E-state index in [9.17, 15) is 14.7 Å². The number of carbonyl (C=O) groups excluding carboxylic acids is 2. The van der Waals surface area contributed by atoms with E-state index in [2.05, 4.69) is 10.2 Å². The second-order valence-electron chi connectivity index (χ2n) is 7.31. The van der Waals surface area contributed by atoms with Crippen molar-refractivity contribution < 1.29 is 29.0 Å². The van der Waals surface area contributed by atoms with Gasteiger partial charge in [0.15, 0.2) is 10.1 Å². The van der Waals surface area contributed by atoms with Crippen LogP contribution in [0.4, 0.5) is 5.13 Å². The Morgan fingerprint density at radius 3 is 2.50 bits per heavy atom. The fourth-order valence-corrected chi connectivity index (χ4v) is 5.87. The third-order valence-corrected chi connectivity index (χ3v) is 7.81. The van der Waals surface area contributed by atoms with Gasteiger partial charge < -0.3 is 14.6 Å². The minimum Gasteiger partial charge on any atom is -0.503 e. The molecule has 1 atom stereocenters. The molecule has 3 aromatic heterocycles. The van der Waals surface area contributed by atoms with Crippen molar-refractivity contribution in [1.82, 2.24) is 10.2 Å². The van der Waals surface area contributed by atoms with Crippen molar-refractivity contribution in [3.8, 4) is 0 Å². The number of ketones is 1. The van der Waals surface area contributed by atoms with Crippen molar-refractivity contribution in [2.75, 3.05) is 4.90 Å². The first-order valence-electron chi connectivity index (χ1n) is 10.4. The Morgan fingerprint density at radius 1 is 1.11 bits per heavy atom. The maximum absolute atomic E-state index is 13.1. The zero-order valence-electron chi connectivity index (χ0n) is 18.7. The van der Waals surface area contributed by atoms with Crippen molar-refractivity contribution in [3.63, 3.8) is 0 Å². The number of aliphatic hydroxyl groups is 1. The van der Waals surface area contributed by atoms with Crippen LogP contribution in [-0.4, -0.2) is 38.1 Å². The molecular formula is C24H19N3O6S3. The van der Waals surface area contributed by atoms with Gasteiger partial charge >= 0.3 is 0 Å². The maximum Gasteiger partial charge on any atom is 0.300 e. The smallest absolute Gasteiger partial charge is 0.300 e. The predicted octanol–water partition coefficient (Wildman–Crippen LogP) is 5.36. The highest BCUT2D eigenvalue weighted by Gasteiger charge is 2.47. The Morgan fingerprint density at radius 2 is 1.86 bits per heavy atom. The summed E-state index contributed by atoms with van der Waals surface area (Å²) in [5, 5.41) is 28.5. The molecule has 5 rings (SSSR count). The zero-order valence-corrected chi connectivity index (χ0v) is 21.2. The van der Waals surface area contributed by atoms with Crippen LogP contribution in [0, 0.1) is 0 Å². The number of aliphatic hydroxyl groups excluding tert-OH is 1. The second-order valence-corrected chi connectivity index (χ2v) is 10.4. The number of aliphatic carboxylic acids is 1. The van der Waals surface area contributed by atoms with Crippen molar-refractivity contribution in [3.05, 3.63) is 93.8 Å². The standard InChI is InChI=1S/C22H15N3O4S3.C2H4O2/c26-18(15-9-5-11-30-15)16-17(14-8-4-10-29-14)25(20(28)19(16)27)21-23-24-22(32-21)31-12-13-6-2-1-3-7-13;1-2(3)4/h1-11,17,27H,12H2;1H3,(H,3,4). The normalized spacial score (nSPS) is 15.1. The van der Waals surface area contributed by atoms with Gasteiger partial charge in [0, 0.05) is 12.7 Å². The summed E-state index contributed by atoms with van der Waals surface area (Å²) in [6.45, 7) is 1.08. The van der Waals surface area contributed by atoms with E-state index in [1.807, 2.05) is 30.3 Å². The number of anilines is 1. The monoisotopic (exact) mass is 541 g/mol. The lowest BCUT2D eigenvalue weighted by Gasteiger charge is -2.21. The first kappa shape index (κ1) is 25.4. The third-order valence-electron chi connectivity index (χ3n) is 4.82. The maximum atomic E-state index is 13.1. The Balaban J connectivity index is 0.000000709. The number of thioether (sulfide) groups is 1. The van der Waals surface area contributed by atoms with E-state index in [-0.39, 0.29) is 10.7 Å². The number of carboxylic acid groups (broad SMARTS) is 1. The Hall–Kier alpha value is -3.74.